The summed E-state index contributed by atoms with van der Waals surface area (Å²) in [6.07, 6.45) is 0.637. The first kappa shape index (κ1) is 17.3. The standard InChI is InChI=1S/C17H24N6O2/c1-4-14(15(24)22-10-11-25-17(2,3)12-22)18-16-19-20-21-23(16)13-8-6-5-7-9-13/h5-9,14H,4,10-12H2,1-3H3,(H,18,19,21)/t14-/m0/s1. The maximum Gasteiger partial charge on any atom is 0.248 e. The summed E-state index contributed by atoms with van der Waals surface area (Å²) in [6, 6.07) is 9.20. The lowest BCUT2D eigenvalue weighted by Crippen LogP contribution is -2.54. The van der Waals surface area contributed by atoms with Crippen molar-refractivity contribution in [3.63, 3.8) is 0 Å². The fraction of sp³-hybridized carbons (Fsp3) is 0.529. The molecule has 3 rings (SSSR count). The molecule has 0 unspecified atom stereocenters. The Bertz CT molecular complexity index is 715. The van der Waals surface area contributed by atoms with Crippen LogP contribution in [0.1, 0.15) is 27.2 Å². The molecule has 8 nitrogen and oxygen atoms in total. The number of amides is 1. The zero-order chi connectivity index (χ0) is 17.9. The third kappa shape index (κ3) is 3.96. The van der Waals surface area contributed by atoms with E-state index in [0.717, 1.165) is 5.69 Å². The summed E-state index contributed by atoms with van der Waals surface area (Å²) >= 11 is 0. The predicted octanol–water partition coefficient (Wildman–Crippen LogP) is 1.49. The molecule has 2 heterocycles. The average molecular weight is 344 g/mol. The van der Waals surface area contributed by atoms with Crippen LogP contribution in [0.2, 0.25) is 0 Å². The van der Waals surface area contributed by atoms with Crippen molar-refractivity contribution >= 4 is 11.9 Å². The Morgan fingerprint density at radius 2 is 2.12 bits per heavy atom. The molecule has 0 bridgehead atoms. The minimum absolute atomic E-state index is 0.0430. The van der Waals surface area contributed by atoms with Gasteiger partial charge in [0.05, 0.1) is 17.9 Å². The van der Waals surface area contributed by atoms with Crippen LogP contribution in [-0.2, 0) is 9.53 Å². The lowest BCUT2D eigenvalue weighted by Gasteiger charge is -2.39. The average Bonchev–Trinajstić information content (AvgIpc) is 3.07. The Kier molecular flexibility index (Phi) is 4.98. The topological polar surface area (TPSA) is 85.2 Å². The van der Waals surface area contributed by atoms with Gasteiger partial charge in [0.25, 0.3) is 0 Å². The molecule has 134 valence electrons. The van der Waals surface area contributed by atoms with E-state index in [0.29, 0.717) is 32.1 Å². The molecule has 0 radical (unpaired) electrons. The Morgan fingerprint density at radius 3 is 2.80 bits per heavy atom. The van der Waals surface area contributed by atoms with Crippen LogP contribution >= 0.6 is 0 Å². The van der Waals surface area contributed by atoms with Crippen LogP contribution in [0, 0.1) is 0 Å². The van der Waals surface area contributed by atoms with Crippen molar-refractivity contribution in [3.8, 4) is 5.69 Å². The third-order valence-electron chi connectivity index (χ3n) is 4.22. The Hall–Kier alpha value is -2.48. The van der Waals surface area contributed by atoms with Crippen molar-refractivity contribution in [2.45, 2.75) is 38.8 Å². The van der Waals surface area contributed by atoms with Crippen LogP contribution in [0.5, 0.6) is 0 Å². The first-order valence-electron chi connectivity index (χ1n) is 8.53. The van der Waals surface area contributed by atoms with Gasteiger partial charge in [-0.25, -0.2) is 0 Å². The SMILES string of the molecule is CC[C@H](Nc1nnnn1-c1ccccc1)C(=O)N1CCOC(C)(C)C1. The summed E-state index contributed by atoms with van der Waals surface area (Å²) in [5, 5.41) is 15.0. The molecule has 25 heavy (non-hydrogen) atoms. The summed E-state index contributed by atoms with van der Waals surface area (Å²) in [6.45, 7) is 7.69. The van der Waals surface area contributed by atoms with E-state index >= 15 is 0 Å². The van der Waals surface area contributed by atoms with Gasteiger partial charge in [0.15, 0.2) is 0 Å². The van der Waals surface area contributed by atoms with E-state index in [2.05, 4.69) is 20.8 Å². The molecule has 1 aliphatic rings. The van der Waals surface area contributed by atoms with Crippen LogP contribution in [0.15, 0.2) is 30.3 Å². The highest BCUT2D eigenvalue weighted by atomic mass is 16.5. The number of benzene rings is 1. The van der Waals surface area contributed by atoms with Crippen molar-refractivity contribution in [3.05, 3.63) is 30.3 Å². The van der Waals surface area contributed by atoms with Crippen molar-refractivity contribution in [2.24, 2.45) is 0 Å². The van der Waals surface area contributed by atoms with Crippen LogP contribution < -0.4 is 5.32 Å². The molecule has 1 aromatic heterocycles. The second-order valence-electron chi connectivity index (χ2n) is 6.72. The van der Waals surface area contributed by atoms with E-state index in [1.54, 1.807) is 4.68 Å². The minimum Gasteiger partial charge on any atom is -0.372 e. The van der Waals surface area contributed by atoms with Gasteiger partial charge in [-0.15, -0.1) is 0 Å². The molecular weight excluding hydrogens is 320 g/mol. The lowest BCUT2D eigenvalue weighted by atomic mass is 10.1. The smallest absolute Gasteiger partial charge is 0.248 e. The minimum atomic E-state index is -0.387. The van der Waals surface area contributed by atoms with E-state index in [1.807, 2.05) is 56.0 Å². The van der Waals surface area contributed by atoms with Gasteiger partial charge in [-0.05, 0) is 42.8 Å². The fourth-order valence-electron chi connectivity index (χ4n) is 2.94. The number of hydrogen-bond acceptors (Lipinski definition) is 6. The summed E-state index contributed by atoms with van der Waals surface area (Å²) in [5.41, 5.74) is 0.516. The number of nitrogens with zero attached hydrogens (tertiary/aromatic N) is 5. The quantitative estimate of drug-likeness (QED) is 0.884. The first-order valence-corrected chi connectivity index (χ1v) is 8.53. The molecular formula is C17H24N6O2. The predicted molar refractivity (Wildman–Crippen MR) is 93.5 cm³/mol. The van der Waals surface area contributed by atoms with Crippen molar-refractivity contribution in [1.29, 1.82) is 0 Å². The van der Waals surface area contributed by atoms with Gasteiger partial charge >= 0.3 is 0 Å². The monoisotopic (exact) mass is 344 g/mol. The molecule has 1 fully saturated rings. The Labute approximate surface area is 147 Å². The number of tetrazole rings is 1. The van der Waals surface area contributed by atoms with Gasteiger partial charge in [-0.2, -0.15) is 4.68 Å². The fourth-order valence-corrected chi connectivity index (χ4v) is 2.94. The normalized spacial score (nSPS) is 18.0. The van der Waals surface area contributed by atoms with Crippen LogP contribution in [0.25, 0.3) is 5.69 Å². The molecule has 1 N–H and O–H groups in total. The molecule has 1 aliphatic heterocycles. The van der Waals surface area contributed by atoms with E-state index in [9.17, 15) is 4.79 Å². The molecule has 0 spiro atoms. The lowest BCUT2D eigenvalue weighted by molar-refractivity contribution is -0.146. The number of morpholine rings is 1. The second-order valence-corrected chi connectivity index (χ2v) is 6.72. The summed E-state index contributed by atoms with van der Waals surface area (Å²) < 4.78 is 7.29. The highest BCUT2D eigenvalue weighted by molar-refractivity contribution is 5.84. The second kappa shape index (κ2) is 7.18. The van der Waals surface area contributed by atoms with Crippen molar-refractivity contribution in [2.75, 3.05) is 25.0 Å². The van der Waals surface area contributed by atoms with E-state index in [4.69, 9.17) is 4.74 Å². The molecule has 1 saturated heterocycles. The largest absolute Gasteiger partial charge is 0.372 e. The zero-order valence-corrected chi connectivity index (χ0v) is 14.8. The summed E-state index contributed by atoms with van der Waals surface area (Å²) in [7, 11) is 0. The maximum atomic E-state index is 12.9. The van der Waals surface area contributed by atoms with Gasteiger partial charge in [0.1, 0.15) is 6.04 Å². The molecule has 8 heteroatoms. The Morgan fingerprint density at radius 1 is 1.36 bits per heavy atom. The number of hydrogen-bond donors (Lipinski definition) is 1. The molecule has 0 aliphatic carbocycles. The highest BCUT2D eigenvalue weighted by Gasteiger charge is 2.33. The number of ether oxygens (including phenoxy) is 1. The number of para-hydroxylation sites is 1. The number of anilines is 1. The van der Waals surface area contributed by atoms with E-state index < -0.39 is 0 Å². The first-order chi connectivity index (χ1) is 12.0. The molecule has 1 atom stereocenters. The van der Waals surface area contributed by atoms with Crippen molar-refractivity contribution in [1.82, 2.24) is 25.1 Å². The van der Waals surface area contributed by atoms with Gasteiger partial charge in [0.2, 0.25) is 11.9 Å². The van der Waals surface area contributed by atoms with Gasteiger partial charge in [-0.1, -0.05) is 30.2 Å². The van der Waals surface area contributed by atoms with Crippen molar-refractivity contribution < 1.29 is 9.53 Å². The van der Waals surface area contributed by atoms with Crippen LogP contribution in [-0.4, -0.2) is 62.4 Å². The molecule has 2 aromatic rings. The summed E-state index contributed by atoms with van der Waals surface area (Å²) in [4.78, 5) is 14.8. The molecule has 1 aromatic carbocycles. The molecule has 0 saturated carbocycles. The van der Waals surface area contributed by atoms with Gasteiger partial charge < -0.3 is 15.0 Å². The van der Waals surface area contributed by atoms with E-state index in [1.165, 1.54) is 0 Å². The van der Waals surface area contributed by atoms with E-state index in [-0.39, 0.29) is 17.6 Å². The number of nitrogens with one attached hydrogen (secondary N) is 1. The molecule has 1 amide bonds. The van der Waals surface area contributed by atoms with Crippen LogP contribution in [0.4, 0.5) is 5.95 Å². The number of carbonyl (C=O) groups is 1. The van der Waals surface area contributed by atoms with Gasteiger partial charge in [0, 0.05) is 13.1 Å². The van der Waals surface area contributed by atoms with Gasteiger partial charge in [-0.3, -0.25) is 4.79 Å². The summed E-state index contributed by atoms with van der Waals surface area (Å²) in [5.74, 6) is 0.500. The maximum absolute atomic E-state index is 12.9. The highest BCUT2D eigenvalue weighted by Crippen LogP contribution is 2.19. The number of aromatic nitrogens is 4. The third-order valence-corrected chi connectivity index (χ3v) is 4.22. The number of carbonyl (C=O) groups excluding carboxylic acids is 1. The Balaban J connectivity index is 1.75. The number of rotatable bonds is 5. The van der Waals surface area contributed by atoms with Crippen LogP contribution in [0.3, 0.4) is 0 Å². The zero-order valence-electron chi connectivity index (χ0n) is 14.8.